The summed E-state index contributed by atoms with van der Waals surface area (Å²) in [4.78, 5) is 11.2. The summed E-state index contributed by atoms with van der Waals surface area (Å²) in [5.74, 6) is 0. The highest BCUT2D eigenvalue weighted by Gasteiger charge is 2.03. The van der Waals surface area contributed by atoms with E-state index in [9.17, 15) is 4.79 Å². The van der Waals surface area contributed by atoms with E-state index in [-0.39, 0.29) is 0 Å². The maximum Gasteiger partial charge on any atom is 0.160 e. The Morgan fingerprint density at radius 1 is 1.20 bits per heavy atom. The van der Waals surface area contributed by atoms with Gasteiger partial charge < -0.3 is 5.73 Å². The first kappa shape index (κ1) is 10.2. The van der Waals surface area contributed by atoms with Crippen LogP contribution >= 0.6 is 22.9 Å². The third-order valence-corrected chi connectivity index (χ3v) is 3.07. The quantitative estimate of drug-likeness (QED) is 0.642. The number of hydrogen-bond acceptors (Lipinski definition) is 3. The average Bonchev–Trinajstić information content (AvgIpc) is 2.64. The third-order valence-electron chi connectivity index (χ3n) is 1.99. The second kappa shape index (κ2) is 4.04. The predicted molar refractivity (Wildman–Crippen MR) is 64.6 cm³/mol. The summed E-state index contributed by atoms with van der Waals surface area (Å²) in [5.41, 5.74) is 8.21. The number of halogens is 1. The first-order valence-electron chi connectivity index (χ1n) is 4.29. The van der Waals surface area contributed by atoms with Gasteiger partial charge in [-0.05, 0) is 40.8 Å². The number of carbonyl (C=O) groups is 1. The highest BCUT2D eigenvalue weighted by Crippen LogP contribution is 2.29. The van der Waals surface area contributed by atoms with Crippen molar-refractivity contribution in [2.75, 3.05) is 5.73 Å². The number of thiophene rings is 1. The van der Waals surface area contributed by atoms with Gasteiger partial charge in [0.2, 0.25) is 0 Å². The minimum absolute atomic E-state index is 0.601. The maximum atomic E-state index is 10.5. The minimum atomic E-state index is 0.601. The lowest BCUT2D eigenvalue weighted by Crippen LogP contribution is -1.85. The number of aldehydes is 1. The molecular formula is C11H8ClNOS. The standard InChI is InChI=1S/C11H8ClNOS/c12-9-1-7(2-10(13)4-9)8-3-11(5-14)15-6-8/h1-6H,13H2. The van der Waals surface area contributed by atoms with Crippen LogP contribution in [0.4, 0.5) is 5.69 Å². The molecule has 0 aliphatic rings. The van der Waals surface area contributed by atoms with Crippen molar-refractivity contribution >= 4 is 34.9 Å². The molecule has 2 aromatic rings. The van der Waals surface area contributed by atoms with Gasteiger partial charge in [-0.15, -0.1) is 11.3 Å². The fourth-order valence-corrected chi connectivity index (χ4v) is 2.31. The third kappa shape index (κ3) is 2.19. The molecule has 4 heteroatoms. The number of hydrogen-bond donors (Lipinski definition) is 1. The van der Waals surface area contributed by atoms with Crippen molar-refractivity contribution in [1.29, 1.82) is 0 Å². The molecule has 2 nitrogen and oxygen atoms in total. The molecule has 1 aromatic heterocycles. The van der Waals surface area contributed by atoms with Crippen LogP contribution < -0.4 is 5.73 Å². The topological polar surface area (TPSA) is 43.1 Å². The Balaban J connectivity index is 2.48. The zero-order valence-electron chi connectivity index (χ0n) is 7.74. The Hall–Kier alpha value is -1.32. The SMILES string of the molecule is Nc1cc(Cl)cc(-c2csc(C=O)c2)c1. The van der Waals surface area contributed by atoms with Crippen molar-refractivity contribution in [2.45, 2.75) is 0 Å². The van der Waals surface area contributed by atoms with Gasteiger partial charge in [-0.3, -0.25) is 4.79 Å². The maximum absolute atomic E-state index is 10.5. The summed E-state index contributed by atoms with van der Waals surface area (Å²) >= 11 is 7.30. The number of benzene rings is 1. The zero-order chi connectivity index (χ0) is 10.8. The Kier molecular flexibility index (Phi) is 2.75. The molecule has 0 saturated heterocycles. The van der Waals surface area contributed by atoms with E-state index < -0.39 is 0 Å². The van der Waals surface area contributed by atoms with Gasteiger partial charge >= 0.3 is 0 Å². The summed E-state index contributed by atoms with van der Waals surface area (Å²) in [7, 11) is 0. The van der Waals surface area contributed by atoms with Gasteiger partial charge in [-0.25, -0.2) is 0 Å². The number of carbonyl (C=O) groups excluding carboxylic acids is 1. The van der Waals surface area contributed by atoms with Crippen molar-refractivity contribution in [1.82, 2.24) is 0 Å². The molecule has 0 radical (unpaired) electrons. The van der Waals surface area contributed by atoms with Gasteiger partial charge in [0.1, 0.15) is 0 Å². The molecule has 2 N–H and O–H groups in total. The molecule has 76 valence electrons. The fraction of sp³-hybridized carbons (Fsp3) is 0. The van der Waals surface area contributed by atoms with Crippen molar-refractivity contribution in [2.24, 2.45) is 0 Å². The van der Waals surface area contributed by atoms with Crippen LogP contribution in [0.2, 0.25) is 5.02 Å². The Bertz CT molecular complexity index is 487. The molecule has 0 aliphatic heterocycles. The fourth-order valence-electron chi connectivity index (χ4n) is 1.34. The second-order valence-electron chi connectivity index (χ2n) is 3.13. The van der Waals surface area contributed by atoms with Gasteiger partial charge in [0, 0.05) is 10.7 Å². The molecule has 0 spiro atoms. The Labute approximate surface area is 96.3 Å². The van der Waals surface area contributed by atoms with Crippen LogP contribution in [-0.2, 0) is 0 Å². The Morgan fingerprint density at radius 3 is 2.60 bits per heavy atom. The highest BCUT2D eigenvalue weighted by molar-refractivity contribution is 7.12. The summed E-state index contributed by atoms with van der Waals surface area (Å²) < 4.78 is 0. The molecule has 0 atom stereocenters. The van der Waals surface area contributed by atoms with E-state index in [1.807, 2.05) is 23.6 Å². The summed E-state index contributed by atoms with van der Waals surface area (Å²) in [6.07, 6.45) is 0.835. The van der Waals surface area contributed by atoms with Crippen LogP contribution in [0.15, 0.2) is 29.6 Å². The molecule has 1 heterocycles. The number of anilines is 1. The van der Waals surface area contributed by atoms with Gasteiger partial charge in [0.15, 0.2) is 6.29 Å². The average molecular weight is 238 g/mol. The smallest absolute Gasteiger partial charge is 0.160 e. The monoisotopic (exact) mass is 237 g/mol. The normalized spacial score (nSPS) is 10.2. The van der Waals surface area contributed by atoms with Crippen molar-refractivity contribution < 1.29 is 4.79 Å². The van der Waals surface area contributed by atoms with Crippen molar-refractivity contribution in [3.8, 4) is 11.1 Å². The van der Waals surface area contributed by atoms with E-state index in [0.29, 0.717) is 15.6 Å². The number of nitrogens with two attached hydrogens (primary N) is 1. The molecular weight excluding hydrogens is 230 g/mol. The van der Waals surface area contributed by atoms with E-state index in [4.69, 9.17) is 17.3 Å². The van der Waals surface area contributed by atoms with Crippen LogP contribution in [0.5, 0.6) is 0 Å². The van der Waals surface area contributed by atoms with Crippen LogP contribution in [0, 0.1) is 0 Å². The van der Waals surface area contributed by atoms with E-state index >= 15 is 0 Å². The largest absolute Gasteiger partial charge is 0.399 e. The molecule has 0 aliphatic carbocycles. The first-order valence-corrected chi connectivity index (χ1v) is 5.55. The molecule has 2 rings (SSSR count). The van der Waals surface area contributed by atoms with Crippen LogP contribution in [0.3, 0.4) is 0 Å². The number of rotatable bonds is 2. The van der Waals surface area contributed by atoms with E-state index in [2.05, 4.69) is 0 Å². The Morgan fingerprint density at radius 2 is 2.00 bits per heavy atom. The zero-order valence-corrected chi connectivity index (χ0v) is 9.31. The molecule has 15 heavy (non-hydrogen) atoms. The predicted octanol–water partition coefficient (Wildman–Crippen LogP) is 3.46. The molecule has 0 amide bonds. The number of nitrogen functional groups attached to an aromatic ring is 1. The van der Waals surface area contributed by atoms with Gasteiger partial charge in [0.25, 0.3) is 0 Å². The molecule has 0 unspecified atom stereocenters. The van der Waals surface area contributed by atoms with E-state index in [0.717, 1.165) is 17.4 Å². The van der Waals surface area contributed by atoms with Crippen LogP contribution in [0.1, 0.15) is 9.67 Å². The molecule has 0 fully saturated rings. The minimum Gasteiger partial charge on any atom is -0.399 e. The second-order valence-corrected chi connectivity index (χ2v) is 4.51. The van der Waals surface area contributed by atoms with Gasteiger partial charge in [-0.1, -0.05) is 11.6 Å². The molecule has 0 saturated carbocycles. The van der Waals surface area contributed by atoms with Crippen LogP contribution in [-0.4, -0.2) is 6.29 Å². The van der Waals surface area contributed by atoms with Gasteiger partial charge in [-0.2, -0.15) is 0 Å². The van der Waals surface area contributed by atoms with Crippen molar-refractivity contribution in [3.63, 3.8) is 0 Å². The van der Waals surface area contributed by atoms with Gasteiger partial charge in [0.05, 0.1) is 4.88 Å². The summed E-state index contributed by atoms with van der Waals surface area (Å²) in [5, 5.41) is 2.51. The van der Waals surface area contributed by atoms with E-state index in [1.165, 1.54) is 11.3 Å². The van der Waals surface area contributed by atoms with E-state index in [1.54, 1.807) is 6.07 Å². The van der Waals surface area contributed by atoms with Crippen LogP contribution in [0.25, 0.3) is 11.1 Å². The lowest BCUT2D eigenvalue weighted by Gasteiger charge is -2.00. The lowest BCUT2D eigenvalue weighted by molar-refractivity contribution is 0.112. The molecule has 1 aromatic carbocycles. The highest BCUT2D eigenvalue weighted by atomic mass is 35.5. The summed E-state index contributed by atoms with van der Waals surface area (Å²) in [6, 6.07) is 7.18. The first-order chi connectivity index (χ1) is 7.19. The summed E-state index contributed by atoms with van der Waals surface area (Å²) in [6.45, 7) is 0. The molecule has 0 bridgehead atoms. The lowest BCUT2D eigenvalue weighted by atomic mass is 10.1. The van der Waals surface area contributed by atoms with Crippen molar-refractivity contribution in [3.05, 3.63) is 39.5 Å².